The van der Waals surface area contributed by atoms with E-state index in [0.29, 0.717) is 0 Å². The summed E-state index contributed by atoms with van der Waals surface area (Å²) in [6, 6.07) is 8.24. The van der Waals surface area contributed by atoms with Crippen molar-refractivity contribution in [2.75, 3.05) is 0 Å². The summed E-state index contributed by atoms with van der Waals surface area (Å²) in [6.45, 7) is 6.23. The Bertz CT molecular complexity index is 787. The molecule has 0 unspecified atom stereocenters. The van der Waals surface area contributed by atoms with Gasteiger partial charge in [0.25, 0.3) is 0 Å². The normalized spacial score (nSPS) is 12.6. The summed E-state index contributed by atoms with van der Waals surface area (Å²) in [4.78, 5) is 1.32. The Morgan fingerprint density at radius 2 is 1.66 bits per heavy atom. The van der Waals surface area contributed by atoms with Crippen molar-refractivity contribution in [2.24, 2.45) is 0 Å². The lowest BCUT2D eigenvalue weighted by atomic mass is 9.91. The van der Waals surface area contributed by atoms with Gasteiger partial charge < -0.3 is 15.3 Å². The first-order valence-corrected chi connectivity index (χ1v) is 11.7. The molecule has 0 radical (unpaired) electrons. The summed E-state index contributed by atoms with van der Waals surface area (Å²) in [5, 5.41) is 31.5. The van der Waals surface area contributed by atoms with Gasteiger partial charge in [0.2, 0.25) is 0 Å². The van der Waals surface area contributed by atoms with E-state index < -0.39 is 5.60 Å². The van der Waals surface area contributed by atoms with Gasteiger partial charge in [-0.15, -0.1) is 11.3 Å². The number of benzene rings is 1. The number of hydrogen-bond donors (Lipinski definition) is 3. The van der Waals surface area contributed by atoms with E-state index in [1.165, 1.54) is 21.6 Å². The van der Waals surface area contributed by atoms with Crippen molar-refractivity contribution in [3.63, 3.8) is 0 Å². The second kappa shape index (κ2) is 11.7. The molecule has 2 rings (SSSR count). The molecule has 3 N–H and O–H groups in total. The highest BCUT2D eigenvalue weighted by molar-refractivity contribution is 7.11. The average molecular weight is 417 g/mol. The molecule has 1 aromatic carbocycles. The predicted octanol–water partition coefficient (Wildman–Crippen LogP) is 5.64. The second-order valence-electron chi connectivity index (χ2n) is 7.79. The van der Waals surface area contributed by atoms with Crippen molar-refractivity contribution < 1.29 is 15.3 Å². The van der Waals surface area contributed by atoms with E-state index in [4.69, 9.17) is 0 Å². The number of aliphatic hydroxyl groups excluding tert-OH is 2. The Balaban J connectivity index is 1.99. The zero-order valence-corrected chi connectivity index (χ0v) is 18.9. The Morgan fingerprint density at radius 1 is 0.966 bits per heavy atom. The lowest BCUT2D eigenvalue weighted by molar-refractivity contribution is 0.0246. The van der Waals surface area contributed by atoms with Crippen molar-refractivity contribution in [1.29, 1.82) is 0 Å². The number of allylic oxidation sites excluding steroid dienone is 2. The number of rotatable bonds is 12. The number of thiophene rings is 1. The maximum absolute atomic E-state index is 10.5. The van der Waals surface area contributed by atoms with E-state index in [-0.39, 0.29) is 13.2 Å². The molecule has 1 aromatic heterocycles. The predicted molar refractivity (Wildman–Crippen MR) is 123 cm³/mol. The average Bonchev–Trinajstić information content (AvgIpc) is 3.23. The van der Waals surface area contributed by atoms with Gasteiger partial charge in [0.1, 0.15) is 0 Å². The highest BCUT2D eigenvalue weighted by Gasteiger charge is 2.20. The van der Waals surface area contributed by atoms with Crippen LogP contribution < -0.4 is 0 Å². The van der Waals surface area contributed by atoms with Crippen molar-refractivity contribution in [1.82, 2.24) is 0 Å². The molecule has 2 aromatic rings. The summed E-state index contributed by atoms with van der Waals surface area (Å²) in [5.74, 6) is 0. The molecule has 0 aliphatic heterocycles. The van der Waals surface area contributed by atoms with Crippen LogP contribution in [0.5, 0.6) is 0 Å². The van der Waals surface area contributed by atoms with Crippen LogP contribution in [0.2, 0.25) is 0 Å². The Kier molecular flexibility index (Phi) is 9.57. The molecule has 0 fully saturated rings. The molecule has 1 heterocycles. The van der Waals surface area contributed by atoms with Gasteiger partial charge in [-0.3, -0.25) is 0 Å². The third kappa shape index (κ3) is 6.78. The Hall–Kier alpha value is -1.46. The van der Waals surface area contributed by atoms with Crippen LogP contribution in [0.4, 0.5) is 0 Å². The molecular weight excluding hydrogens is 380 g/mol. The Morgan fingerprint density at radius 3 is 2.28 bits per heavy atom. The third-order valence-corrected chi connectivity index (χ3v) is 7.04. The highest BCUT2D eigenvalue weighted by atomic mass is 32.1. The summed E-state index contributed by atoms with van der Waals surface area (Å²) < 4.78 is 0. The summed E-state index contributed by atoms with van der Waals surface area (Å²) in [5.41, 5.74) is 4.96. The molecule has 0 aliphatic carbocycles. The van der Waals surface area contributed by atoms with Gasteiger partial charge in [0.05, 0.1) is 18.8 Å². The lowest BCUT2D eigenvalue weighted by Gasteiger charge is -2.24. The number of aryl methyl sites for hydroxylation is 2. The number of hydrogen-bond acceptors (Lipinski definition) is 4. The first kappa shape index (κ1) is 23.8. The van der Waals surface area contributed by atoms with Crippen LogP contribution >= 0.6 is 11.3 Å². The molecule has 0 aliphatic rings. The standard InChI is InChI=1S/C25H36O3S/c1-4-21(8-7-13-25(28,5-2)6-3)24-15-20(18-29-24)10-9-19-11-12-22(16-26)23(14-19)17-27/h8,11-12,14-15,18,26-28H,4-7,9-10,13,16-17H2,1-3H3/b21-8-. The van der Waals surface area contributed by atoms with Gasteiger partial charge in [-0.2, -0.15) is 0 Å². The molecule has 4 heteroatoms. The topological polar surface area (TPSA) is 60.7 Å². The summed E-state index contributed by atoms with van der Waals surface area (Å²) in [6.07, 6.45) is 8.52. The molecule has 0 saturated carbocycles. The van der Waals surface area contributed by atoms with E-state index in [0.717, 1.165) is 56.1 Å². The smallest absolute Gasteiger partial charge is 0.0685 e. The molecule has 0 amide bonds. The molecule has 29 heavy (non-hydrogen) atoms. The van der Waals surface area contributed by atoms with E-state index in [2.05, 4.69) is 38.3 Å². The molecular formula is C25H36O3S. The van der Waals surface area contributed by atoms with Crippen LogP contribution in [-0.2, 0) is 26.1 Å². The fraction of sp³-hybridized carbons (Fsp3) is 0.520. The fourth-order valence-corrected chi connectivity index (χ4v) is 4.70. The maximum Gasteiger partial charge on any atom is 0.0685 e. The zero-order chi connectivity index (χ0) is 21.3. The van der Waals surface area contributed by atoms with E-state index in [9.17, 15) is 15.3 Å². The van der Waals surface area contributed by atoms with Gasteiger partial charge in [-0.1, -0.05) is 45.0 Å². The van der Waals surface area contributed by atoms with Crippen LogP contribution in [0.25, 0.3) is 5.57 Å². The quantitative estimate of drug-likeness (QED) is 0.419. The van der Waals surface area contributed by atoms with Crippen molar-refractivity contribution in [3.05, 3.63) is 62.9 Å². The first-order valence-electron chi connectivity index (χ1n) is 10.8. The second-order valence-corrected chi connectivity index (χ2v) is 8.70. The van der Waals surface area contributed by atoms with Gasteiger partial charge in [0, 0.05) is 4.88 Å². The minimum absolute atomic E-state index is 0.0376. The van der Waals surface area contributed by atoms with Crippen LogP contribution in [0, 0.1) is 0 Å². The Labute approximate surface area is 179 Å². The molecule has 0 saturated heterocycles. The third-order valence-electron chi connectivity index (χ3n) is 5.98. The first-order chi connectivity index (χ1) is 14.0. The van der Waals surface area contributed by atoms with Crippen LogP contribution in [0.3, 0.4) is 0 Å². The lowest BCUT2D eigenvalue weighted by Crippen LogP contribution is -2.25. The maximum atomic E-state index is 10.5. The molecule has 0 spiro atoms. The fourth-order valence-electron chi connectivity index (χ4n) is 3.64. The minimum Gasteiger partial charge on any atom is -0.392 e. The van der Waals surface area contributed by atoms with Crippen molar-refractivity contribution in [2.45, 2.75) is 84.5 Å². The van der Waals surface area contributed by atoms with Gasteiger partial charge >= 0.3 is 0 Å². The number of aliphatic hydroxyl groups is 3. The highest BCUT2D eigenvalue weighted by Crippen LogP contribution is 2.29. The van der Waals surface area contributed by atoms with Gasteiger partial charge in [0.15, 0.2) is 0 Å². The summed E-state index contributed by atoms with van der Waals surface area (Å²) in [7, 11) is 0. The van der Waals surface area contributed by atoms with E-state index >= 15 is 0 Å². The summed E-state index contributed by atoms with van der Waals surface area (Å²) >= 11 is 1.80. The molecule has 0 atom stereocenters. The van der Waals surface area contributed by atoms with Gasteiger partial charge in [-0.25, -0.2) is 0 Å². The molecule has 3 nitrogen and oxygen atoms in total. The van der Waals surface area contributed by atoms with E-state index in [1.807, 2.05) is 18.2 Å². The molecule has 0 bridgehead atoms. The van der Waals surface area contributed by atoms with Crippen LogP contribution in [0.15, 0.2) is 35.7 Å². The minimum atomic E-state index is -0.533. The zero-order valence-electron chi connectivity index (χ0n) is 18.1. The largest absolute Gasteiger partial charge is 0.392 e. The van der Waals surface area contributed by atoms with E-state index in [1.54, 1.807) is 11.3 Å². The van der Waals surface area contributed by atoms with Crippen molar-refractivity contribution >= 4 is 16.9 Å². The van der Waals surface area contributed by atoms with Crippen LogP contribution in [0.1, 0.15) is 80.0 Å². The van der Waals surface area contributed by atoms with Crippen LogP contribution in [-0.4, -0.2) is 20.9 Å². The van der Waals surface area contributed by atoms with Crippen molar-refractivity contribution in [3.8, 4) is 0 Å². The van der Waals surface area contributed by atoms with Gasteiger partial charge in [-0.05, 0) is 84.2 Å². The molecule has 160 valence electrons. The SMILES string of the molecule is CC/C(=C/CCC(O)(CC)CC)c1cc(CCc2ccc(CO)c(CO)c2)cs1. The monoisotopic (exact) mass is 416 g/mol.